The number of carbonyl (C=O) groups excluding carboxylic acids is 1. The van der Waals surface area contributed by atoms with Crippen molar-refractivity contribution in [3.05, 3.63) is 29.6 Å². The number of rotatable bonds is 6. The number of amides is 1. The molecule has 1 N–H and O–H groups in total. The molecule has 0 aliphatic carbocycles. The van der Waals surface area contributed by atoms with Crippen LogP contribution in [0, 0.1) is 6.92 Å². The molecule has 2 rings (SSSR count). The second-order valence-electron chi connectivity index (χ2n) is 5.49. The summed E-state index contributed by atoms with van der Waals surface area (Å²) in [6.45, 7) is 8.29. The van der Waals surface area contributed by atoms with Crippen LogP contribution >= 0.6 is 0 Å². The average Bonchev–Trinajstić information content (AvgIpc) is 2.51. The number of carbonyl (C=O) groups is 1. The van der Waals surface area contributed by atoms with E-state index >= 15 is 0 Å². The lowest BCUT2D eigenvalue weighted by atomic mass is 10.1. The normalized spacial score (nSPS) is 17.4. The van der Waals surface area contributed by atoms with Gasteiger partial charge >= 0.3 is 0 Å². The highest BCUT2D eigenvalue weighted by Crippen LogP contribution is 2.15. The maximum atomic E-state index is 12.1. The number of nitrogens with one attached hydrogen (secondary N) is 1. The Labute approximate surface area is 126 Å². The topological polar surface area (TPSA) is 54.5 Å². The lowest BCUT2D eigenvalue weighted by Crippen LogP contribution is -2.39. The zero-order valence-corrected chi connectivity index (χ0v) is 13.0. The highest BCUT2D eigenvalue weighted by atomic mass is 16.5. The third kappa shape index (κ3) is 5.10. The van der Waals surface area contributed by atoms with Gasteiger partial charge < -0.3 is 10.1 Å². The quantitative estimate of drug-likeness (QED) is 0.866. The fourth-order valence-corrected chi connectivity index (χ4v) is 2.49. The number of hydrogen-bond acceptors (Lipinski definition) is 4. The molecule has 1 aromatic heterocycles. The summed E-state index contributed by atoms with van der Waals surface area (Å²) in [5, 5.41) is 3.09. The molecule has 116 valence electrons. The minimum absolute atomic E-state index is 0.00193. The molecule has 0 spiro atoms. The molecule has 2 heterocycles. The second-order valence-corrected chi connectivity index (χ2v) is 5.49. The largest absolute Gasteiger partial charge is 0.379 e. The van der Waals surface area contributed by atoms with Crippen LogP contribution in [0.3, 0.4) is 0 Å². The zero-order valence-electron chi connectivity index (χ0n) is 13.0. The van der Waals surface area contributed by atoms with Gasteiger partial charge in [0, 0.05) is 32.3 Å². The number of aryl methyl sites for hydroxylation is 1. The molecule has 1 atom stereocenters. The summed E-state index contributed by atoms with van der Waals surface area (Å²) < 4.78 is 5.31. The summed E-state index contributed by atoms with van der Waals surface area (Å²) in [6.07, 6.45) is 3.18. The number of aromatic nitrogens is 1. The van der Waals surface area contributed by atoms with Gasteiger partial charge in [-0.15, -0.1) is 0 Å². The van der Waals surface area contributed by atoms with Crippen LogP contribution in [0.25, 0.3) is 0 Å². The van der Waals surface area contributed by atoms with Crippen LogP contribution in [-0.4, -0.2) is 48.6 Å². The number of pyridine rings is 1. The highest BCUT2D eigenvalue weighted by molar-refractivity contribution is 5.76. The first-order chi connectivity index (χ1) is 10.2. The van der Waals surface area contributed by atoms with Gasteiger partial charge in [-0.05, 0) is 31.0 Å². The van der Waals surface area contributed by atoms with Gasteiger partial charge in [0.05, 0.1) is 24.9 Å². The molecule has 1 amide bonds. The maximum Gasteiger partial charge on any atom is 0.221 e. The van der Waals surface area contributed by atoms with Crippen LogP contribution in [0.2, 0.25) is 0 Å². The van der Waals surface area contributed by atoms with E-state index in [1.165, 1.54) is 5.56 Å². The van der Waals surface area contributed by atoms with Crippen LogP contribution in [-0.2, 0) is 9.53 Å². The predicted octanol–water partition coefficient (Wildman–Crippen LogP) is 1.68. The SMILES string of the molecule is CC[C@H](NC(=O)CCN1CCOCC1)c1cc(C)ccn1. The molecule has 1 saturated heterocycles. The Kier molecular flexibility index (Phi) is 6.14. The Morgan fingerprint density at radius 3 is 2.90 bits per heavy atom. The smallest absolute Gasteiger partial charge is 0.221 e. The fourth-order valence-electron chi connectivity index (χ4n) is 2.49. The lowest BCUT2D eigenvalue weighted by molar-refractivity contribution is -0.122. The van der Waals surface area contributed by atoms with Crippen LogP contribution in [0.1, 0.15) is 37.1 Å². The molecule has 5 nitrogen and oxygen atoms in total. The fraction of sp³-hybridized carbons (Fsp3) is 0.625. The third-order valence-electron chi connectivity index (χ3n) is 3.80. The number of hydrogen-bond donors (Lipinski definition) is 1. The summed E-state index contributed by atoms with van der Waals surface area (Å²) in [5.41, 5.74) is 2.11. The van der Waals surface area contributed by atoms with E-state index in [1.807, 2.05) is 19.1 Å². The van der Waals surface area contributed by atoms with Crippen molar-refractivity contribution >= 4 is 5.91 Å². The van der Waals surface area contributed by atoms with Crippen molar-refractivity contribution in [2.75, 3.05) is 32.8 Å². The lowest BCUT2D eigenvalue weighted by Gasteiger charge is -2.26. The molecule has 21 heavy (non-hydrogen) atoms. The summed E-state index contributed by atoms with van der Waals surface area (Å²) in [6, 6.07) is 4.01. The molecule has 1 fully saturated rings. The van der Waals surface area contributed by atoms with Crippen molar-refractivity contribution in [3.8, 4) is 0 Å². The van der Waals surface area contributed by atoms with Crippen molar-refractivity contribution in [1.29, 1.82) is 0 Å². The first kappa shape index (κ1) is 15.9. The minimum Gasteiger partial charge on any atom is -0.379 e. The number of morpholine rings is 1. The minimum atomic E-state index is 0.00193. The standard InChI is InChI=1S/C16H25N3O2/c1-3-14(15-12-13(2)4-6-17-15)18-16(20)5-7-19-8-10-21-11-9-19/h4,6,12,14H,3,5,7-11H2,1-2H3,(H,18,20)/t14-/m0/s1. The van der Waals surface area contributed by atoms with Crippen LogP contribution in [0.15, 0.2) is 18.3 Å². The van der Waals surface area contributed by atoms with Crippen molar-refractivity contribution in [2.24, 2.45) is 0 Å². The molecule has 1 aromatic rings. The first-order valence-corrected chi connectivity index (χ1v) is 7.71. The Bertz CT molecular complexity index is 459. The molecular weight excluding hydrogens is 266 g/mol. The molecule has 1 aliphatic heterocycles. The summed E-state index contributed by atoms with van der Waals surface area (Å²) in [7, 11) is 0. The third-order valence-corrected chi connectivity index (χ3v) is 3.80. The van der Waals surface area contributed by atoms with E-state index in [-0.39, 0.29) is 11.9 Å². The Balaban J connectivity index is 1.82. The van der Waals surface area contributed by atoms with E-state index in [2.05, 4.69) is 22.1 Å². The molecular formula is C16H25N3O2. The van der Waals surface area contributed by atoms with E-state index < -0.39 is 0 Å². The summed E-state index contributed by atoms with van der Waals surface area (Å²) >= 11 is 0. The van der Waals surface area contributed by atoms with Crippen molar-refractivity contribution in [2.45, 2.75) is 32.7 Å². The van der Waals surface area contributed by atoms with Gasteiger partial charge in [0.25, 0.3) is 0 Å². The van der Waals surface area contributed by atoms with Gasteiger partial charge in [0.2, 0.25) is 5.91 Å². The number of ether oxygens (including phenoxy) is 1. The molecule has 0 unspecified atom stereocenters. The molecule has 0 radical (unpaired) electrons. The van der Waals surface area contributed by atoms with Gasteiger partial charge in [-0.3, -0.25) is 14.7 Å². The van der Waals surface area contributed by atoms with E-state index in [4.69, 9.17) is 4.74 Å². The van der Waals surface area contributed by atoms with E-state index in [1.54, 1.807) is 6.20 Å². The average molecular weight is 291 g/mol. The van der Waals surface area contributed by atoms with E-state index in [0.29, 0.717) is 6.42 Å². The molecule has 0 bridgehead atoms. The van der Waals surface area contributed by atoms with Gasteiger partial charge in [-0.25, -0.2) is 0 Å². The van der Waals surface area contributed by atoms with Gasteiger partial charge in [-0.1, -0.05) is 6.92 Å². The van der Waals surface area contributed by atoms with Gasteiger partial charge in [0.15, 0.2) is 0 Å². The van der Waals surface area contributed by atoms with Crippen molar-refractivity contribution in [1.82, 2.24) is 15.2 Å². The molecule has 0 saturated carbocycles. The summed E-state index contributed by atoms with van der Waals surface area (Å²) in [4.78, 5) is 18.8. The molecule has 1 aliphatic rings. The van der Waals surface area contributed by atoms with Gasteiger partial charge in [-0.2, -0.15) is 0 Å². The number of nitrogens with zero attached hydrogens (tertiary/aromatic N) is 2. The molecule has 0 aromatic carbocycles. The predicted molar refractivity (Wildman–Crippen MR) is 82.0 cm³/mol. The van der Waals surface area contributed by atoms with Crippen LogP contribution in [0.5, 0.6) is 0 Å². The summed E-state index contributed by atoms with van der Waals surface area (Å²) in [5.74, 6) is 0.0941. The zero-order chi connectivity index (χ0) is 15.1. The monoisotopic (exact) mass is 291 g/mol. The Morgan fingerprint density at radius 1 is 1.48 bits per heavy atom. The van der Waals surface area contributed by atoms with Crippen LogP contribution < -0.4 is 5.32 Å². The first-order valence-electron chi connectivity index (χ1n) is 7.71. The van der Waals surface area contributed by atoms with Crippen molar-refractivity contribution in [3.63, 3.8) is 0 Å². The van der Waals surface area contributed by atoms with E-state index in [0.717, 1.165) is 45.0 Å². The van der Waals surface area contributed by atoms with Crippen LogP contribution in [0.4, 0.5) is 0 Å². The highest BCUT2D eigenvalue weighted by Gasteiger charge is 2.16. The Hall–Kier alpha value is -1.46. The Morgan fingerprint density at radius 2 is 2.24 bits per heavy atom. The van der Waals surface area contributed by atoms with Crippen molar-refractivity contribution < 1.29 is 9.53 Å². The second kappa shape index (κ2) is 8.10. The van der Waals surface area contributed by atoms with Gasteiger partial charge in [0.1, 0.15) is 0 Å². The maximum absolute atomic E-state index is 12.1. The molecule has 5 heteroatoms. The van der Waals surface area contributed by atoms with E-state index in [9.17, 15) is 4.79 Å².